The summed E-state index contributed by atoms with van der Waals surface area (Å²) in [5, 5.41) is 9.30. The van der Waals surface area contributed by atoms with Crippen molar-refractivity contribution >= 4 is 23.6 Å². The number of amides is 4. The van der Waals surface area contributed by atoms with Crippen LogP contribution < -0.4 is 16.0 Å². The van der Waals surface area contributed by atoms with Crippen LogP contribution in [0.25, 0.3) is 0 Å². The second-order valence-electron chi connectivity index (χ2n) is 14.3. The summed E-state index contributed by atoms with van der Waals surface area (Å²) in [5.74, 6) is -0.692. The Hall–Kier alpha value is -2.64. The molecule has 3 N–H and O–H groups in total. The second kappa shape index (κ2) is 17.0. The zero-order valence-electron chi connectivity index (χ0n) is 28.2. The van der Waals surface area contributed by atoms with Crippen molar-refractivity contribution in [3.05, 3.63) is 23.8 Å². The first-order valence-electron chi connectivity index (χ1n) is 16.7. The van der Waals surface area contributed by atoms with Crippen molar-refractivity contribution < 1.29 is 19.2 Å². The lowest BCUT2D eigenvalue weighted by Crippen LogP contribution is -2.71. The second-order valence-corrected chi connectivity index (χ2v) is 14.3. The molecule has 2 aliphatic rings. The standard InChI is InChI=1S/C35H60N4O4/c1-8-9-10-11-12-13-14-17-22-33(4,5)31(42)38-35(23-18-25-36-30(41)26-35)39(28-19-15-16-20-29(40)37-28)32(43)34(6,7)24-21-27(2)3/h14,17,21,28H,8-13,15-16,18-20,22-26H2,1-7H3,(H,36,41)(H,37,40)(H,38,42)/b17-14+/t28-,35-/m0/s1. The molecule has 0 aromatic carbocycles. The van der Waals surface area contributed by atoms with Gasteiger partial charge in [0.1, 0.15) is 11.8 Å². The molecular formula is C35H60N4O4. The third-order valence-corrected chi connectivity index (χ3v) is 8.82. The maximum Gasteiger partial charge on any atom is 0.232 e. The number of rotatable bonds is 15. The fraction of sp³-hybridized carbons (Fsp3) is 0.771. The lowest BCUT2D eigenvalue weighted by atomic mass is 9.83. The van der Waals surface area contributed by atoms with Crippen molar-refractivity contribution in [2.75, 3.05) is 6.54 Å². The van der Waals surface area contributed by atoms with E-state index in [1.54, 1.807) is 4.90 Å². The van der Waals surface area contributed by atoms with Gasteiger partial charge < -0.3 is 16.0 Å². The van der Waals surface area contributed by atoms with Crippen LogP contribution in [0.3, 0.4) is 0 Å². The van der Waals surface area contributed by atoms with Crippen LogP contribution in [-0.2, 0) is 19.2 Å². The van der Waals surface area contributed by atoms with E-state index >= 15 is 0 Å². The van der Waals surface area contributed by atoms with E-state index in [1.807, 2.05) is 47.6 Å². The summed E-state index contributed by atoms with van der Waals surface area (Å²) in [6.45, 7) is 14.3. The van der Waals surface area contributed by atoms with Gasteiger partial charge in [0.2, 0.25) is 23.6 Å². The molecule has 2 heterocycles. The Morgan fingerprint density at radius 2 is 1.67 bits per heavy atom. The number of carbonyl (C=O) groups excluding carboxylic acids is 4. The van der Waals surface area contributed by atoms with E-state index in [-0.39, 0.29) is 30.0 Å². The SMILES string of the molecule is CCCCCCC/C=C/CC(C)(C)C(=O)N[C@]1(N(C(=O)C(C)(C)CC=C(C)C)[C@H]2CCCCC(=O)N2)CCCNC(=O)C1. The zero-order valence-corrected chi connectivity index (χ0v) is 28.2. The number of nitrogens with zero attached hydrogens (tertiary/aromatic N) is 1. The Bertz CT molecular complexity index is 1010. The van der Waals surface area contributed by atoms with Crippen LogP contribution >= 0.6 is 0 Å². The van der Waals surface area contributed by atoms with E-state index in [4.69, 9.17) is 0 Å². The molecule has 2 fully saturated rings. The molecule has 0 bridgehead atoms. The topological polar surface area (TPSA) is 108 Å². The minimum absolute atomic E-state index is 0.0563. The average Bonchev–Trinajstić information content (AvgIpc) is 3.26. The minimum Gasteiger partial charge on any atom is -0.356 e. The highest BCUT2D eigenvalue weighted by Crippen LogP contribution is 2.37. The molecule has 8 heteroatoms. The van der Waals surface area contributed by atoms with Crippen LogP contribution in [0, 0.1) is 10.8 Å². The molecule has 2 rings (SSSR count). The van der Waals surface area contributed by atoms with Gasteiger partial charge in [-0.05, 0) is 71.6 Å². The fourth-order valence-corrected chi connectivity index (χ4v) is 5.89. The predicted octanol–water partition coefficient (Wildman–Crippen LogP) is 6.66. The monoisotopic (exact) mass is 600 g/mol. The average molecular weight is 601 g/mol. The quantitative estimate of drug-likeness (QED) is 0.111. The molecule has 43 heavy (non-hydrogen) atoms. The van der Waals surface area contributed by atoms with Gasteiger partial charge in [-0.25, -0.2) is 0 Å². The maximum atomic E-state index is 14.6. The van der Waals surface area contributed by atoms with E-state index < -0.39 is 22.7 Å². The number of unbranched alkanes of at least 4 members (excludes halogenated alkanes) is 5. The molecule has 0 unspecified atom stereocenters. The van der Waals surface area contributed by atoms with Crippen molar-refractivity contribution in [2.45, 2.75) is 157 Å². The summed E-state index contributed by atoms with van der Waals surface area (Å²) in [6.07, 6.45) is 17.3. The number of hydrogen-bond donors (Lipinski definition) is 3. The fourth-order valence-electron chi connectivity index (χ4n) is 5.89. The number of hydrogen-bond acceptors (Lipinski definition) is 4. The van der Waals surface area contributed by atoms with Gasteiger partial charge in [-0.3, -0.25) is 24.1 Å². The zero-order chi connectivity index (χ0) is 32.1. The summed E-state index contributed by atoms with van der Waals surface area (Å²) in [4.78, 5) is 56.4. The van der Waals surface area contributed by atoms with E-state index in [1.165, 1.54) is 25.7 Å². The Morgan fingerprint density at radius 3 is 2.37 bits per heavy atom. The normalized spacial score (nSPS) is 21.8. The molecule has 0 radical (unpaired) electrons. The number of allylic oxidation sites excluding steroid dienone is 4. The molecule has 8 nitrogen and oxygen atoms in total. The highest BCUT2D eigenvalue weighted by Gasteiger charge is 2.51. The Labute approximate surface area is 261 Å². The predicted molar refractivity (Wildman–Crippen MR) is 174 cm³/mol. The van der Waals surface area contributed by atoms with Gasteiger partial charge >= 0.3 is 0 Å². The van der Waals surface area contributed by atoms with Gasteiger partial charge in [0.15, 0.2) is 0 Å². The number of carbonyl (C=O) groups is 4. The largest absolute Gasteiger partial charge is 0.356 e. The van der Waals surface area contributed by atoms with E-state index in [0.717, 1.165) is 31.3 Å². The summed E-state index contributed by atoms with van der Waals surface area (Å²) in [5.41, 5.74) is -1.72. The van der Waals surface area contributed by atoms with Crippen molar-refractivity contribution in [1.82, 2.24) is 20.9 Å². The molecule has 0 spiro atoms. The molecule has 0 aromatic rings. The lowest BCUT2D eigenvalue weighted by molar-refractivity contribution is -0.160. The van der Waals surface area contributed by atoms with Gasteiger partial charge in [0, 0.05) is 23.8 Å². The van der Waals surface area contributed by atoms with Crippen LogP contribution in [0.2, 0.25) is 0 Å². The molecule has 2 atom stereocenters. The summed E-state index contributed by atoms with van der Waals surface area (Å²) >= 11 is 0. The smallest absolute Gasteiger partial charge is 0.232 e. The molecular weight excluding hydrogens is 540 g/mol. The first-order chi connectivity index (χ1) is 20.2. The van der Waals surface area contributed by atoms with Crippen molar-refractivity contribution in [3.8, 4) is 0 Å². The van der Waals surface area contributed by atoms with Gasteiger partial charge in [0.05, 0.1) is 6.42 Å². The van der Waals surface area contributed by atoms with Crippen LogP contribution in [0.5, 0.6) is 0 Å². The van der Waals surface area contributed by atoms with Gasteiger partial charge in [-0.2, -0.15) is 0 Å². The summed E-state index contributed by atoms with van der Waals surface area (Å²) in [6, 6.07) is 0. The molecule has 0 aliphatic carbocycles. The van der Waals surface area contributed by atoms with Crippen LogP contribution in [0.1, 0.15) is 145 Å². The third kappa shape index (κ3) is 11.4. The third-order valence-electron chi connectivity index (χ3n) is 8.82. The Kier molecular flexibility index (Phi) is 14.5. The summed E-state index contributed by atoms with van der Waals surface area (Å²) in [7, 11) is 0. The Morgan fingerprint density at radius 1 is 0.953 bits per heavy atom. The molecule has 0 aromatic heterocycles. The molecule has 0 saturated carbocycles. The first kappa shape index (κ1) is 36.6. The minimum atomic E-state index is -1.26. The molecule has 2 saturated heterocycles. The lowest BCUT2D eigenvalue weighted by Gasteiger charge is -2.50. The number of nitrogens with one attached hydrogen (secondary N) is 3. The van der Waals surface area contributed by atoms with Crippen molar-refractivity contribution in [1.29, 1.82) is 0 Å². The van der Waals surface area contributed by atoms with Gasteiger partial charge in [0.25, 0.3) is 0 Å². The van der Waals surface area contributed by atoms with Crippen molar-refractivity contribution in [3.63, 3.8) is 0 Å². The molecule has 2 aliphatic heterocycles. The van der Waals surface area contributed by atoms with E-state index in [0.29, 0.717) is 45.1 Å². The Balaban J connectivity index is 2.44. The van der Waals surface area contributed by atoms with Crippen LogP contribution in [-0.4, -0.2) is 46.9 Å². The maximum absolute atomic E-state index is 14.6. The highest BCUT2D eigenvalue weighted by molar-refractivity contribution is 5.89. The van der Waals surface area contributed by atoms with Crippen molar-refractivity contribution in [2.24, 2.45) is 10.8 Å². The highest BCUT2D eigenvalue weighted by atomic mass is 16.2. The van der Waals surface area contributed by atoms with E-state index in [9.17, 15) is 19.2 Å². The van der Waals surface area contributed by atoms with Crippen LogP contribution in [0.4, 0.5) is 0 Å². The first-order valence-corrected chi connectivity index (χ1v) is 16.7. The van der Waals surface area contributed by atoms with Gasteiger partial charge in [-0.1, -0.05) is 84.1 Å². The molecule has 4 amide bonds. The van der Waals surface area contributed by atoms with Crippen LogP contribution in [0.15, 0.2) is 23.8 Å². The van der Waals surface area contributed by atoms with Gasteiger partial charge in [-0.15, -0.1) is 0 Å². The van der Waals surface area contributed by atoms with E-state index in [2.05, 4.69) is 35.0 Å². The molecule has 244 valence electrons. The summed E-state index contributed by atoms with van der Waals surface area (Å²) < 4.78 is 0.